The molecule has 0 aromatic heterocycles. The second-order valence-electron chi connectivity index (χ2n) is 13.1. The second kappa shape index (κ2) is 13.6. The summed E-state index contributed by atoms with van der Waals surface area (Å²) >= 11 is 0. The van der Waals surface area contributed by atoms with Crippen LogP contribution in [0.3, 0.4) is 0 Å². The molecule has 1 aliphatic carbocycles. The average molecular weight is 585 g/mol. The number of aliphatic hydroxyl groups excluding tert-OH is 1. The molecule has 1 unspecified atom stereocenters. The lowest BCUT2D eigenvalue weighted by atomic mass is 9.74. The molecule has 2 amide bonds. The van der Waals surface area contributed by atoms with Gasteiger partial charge in [0, 0.05) is 18.2 Å². The Morgan fingerprint density at radius 1 is 1.07 bits per heavy atom. The average Bonchev–Trinajstić information content (AvgIpc) is 3.38. The molecule has 2 aliphatic rings. The van der Waals surface area contributed by atoms with E-state index in [9.17, 15) is 23.5 Å². The second-order valence-corrected chi connectivity index (χ2v) is 13.1. The molecule has 0 spiro atoms. The Morgan fingerprint density at radius 2 is 1.76 bits per heavy atom. The third kappa shape index (κ3) is 8.14. The first-order chi connectivity index (χ1) is 19.9. The van der Waals surface area contributed by atoms with Crippen molar-refractivity contribution in [2.45, 2.75) is 101 Å². The molecular formula is C33H46F2N4O3. The largest absolute Gasteiger partial charge is 0.390 e. The predicted octanol–water partition coefficient (Wildman–Crippen LogP) is 4.05. The minimum Gasteiger partial charge on any atom is -0.390 e. The van der Waals surface area contributed by atoms with E-state index in [0.717, 1.165) is 44.6 Å². The van der Waals surface area contributed by atoms with Crippen molar-refractivity contribution in [1.82, 2.24) is 15.5 Å². The van der Waals surface area contributed by atoms with Gasteiger partial charge in [0.15, 0.2) is 0 Å². The maximum atomic E-state index is 14.1. The van der Waals surface area contributed by atoms with Gasteiger partial charge < -0.3 is 21.5 Å². The maximum absolute atomic E-state index is 14.1. The number of hydrogen-bond acceptors (Lipinski definition) is 5. The molecule has 1 saturated heterocycles. The van der Waals surface area contributed by atoms with Gasteiger partial charge in [-0.05, 0) is 72.9 Å². The van der Waals surface area contributed by atoms with Crippen molar-refractivity contribution in [1.29, 1.82) is 0 Å². The number of benzene rings is 2. The number of carbonyl (C=O) groups is 2. The highest BCUT2D eigenvalue weighted by molar-refractivity contribution is 5.84. The van der Waals surface area contributed by atoms with Crippen LogP contribution in [-0.2, 0) is 27.0 Å². The first-order valence-electron chi connectivity index (χ1n) is 15.2. The summed E-state index contributed by atoms with van der Waals surface area (Å²) in [6.45, 7) is 7.29. The summed E-state index contributed by atoms with van der Waals surface area (Å²) in [5, 5.41) is 18.2. The number of nitrogens with two attached hydrogens (primary N) is 1. The molecule has 5 N–H and O–H groups in total. The molecule has 0 radical (unpaired) electrons. The van der Waals surface area contributed by atoms with Crippen LogP contribution in [0.1, 0.15) is 82.4 Å². The van der Waals surface area contributed by atoms with Gasteiger partial charge in [0.1, 0.15) is 11.6 Å². The number of likely N-dealkylation sites (tertiary alicyclic amines) is 1. The third-order valence-electron chi connectivity index (χ3n) is 8.83. The van der Waals surface area contributed by atoms with E-state index in [-0.39, 0.29) is 36.4 Å². The van der Waals surface area contributed by atoms with E-state index in [0.29, 0.717) is 18.5 Å². The highest BCUT2D eigenvalue weighted by Gasteiger charge is 2.37. The van der Waals surface area contributed by atoms with Gasteiger partial charge in [-0.25, -0.2) is 8.78 Å². The first kappa shape index (κ1) is 32.0. The monoisotopic (exact) mass is 584 g/mol. The Labute approximate surface area is 248 Å². The molecule has 2 aromatic rings. The van der Waals surface area contributed by atoms with Crippen molar-refractivity contribution in [3.8, 4) is 0 Å². The van der Waals surface area contributed by atoms with Gasteiger partial charge >= 0.3 is 0 Å². The van der Waals surface area contributed by atoms with Crippen LogP contribution < -0.4 is 16.4 Å². The number of nitrogens with zero attached hydrogens (tertiary/aromatic N) is 1. The van der Waals surface area contributed by atoms with Crippen LogP contribution in [-0.4, -0.2) is 59.6 Å². The van der Waals surface area contributed by atoms with Crippen LogP contribution >= 0.6 is 0 Å². The van der Waals surface area contributed by atoms with Crippen molar-refractivity contribution >= 4 is 11.8 Å². The lowest BCUT2D eigenvalue weighted by Crippen LogP contribution is -2.56. The van der Waals surface area contributed by atoms with Crippen molar-refractivity contribution in [3.63, 3.8) is 0 Å². The fourth-order valence-corrected chi connectivity index (χ4v) is 6.51. The van der Waals surface area contributed by atoms with Crippen LogP contribution in [0.4, 0.5) is 8.78 Å². The fraction of sp³-hybridized carbons (Fsp3) is 0.576. The zero-order valence-electron chi connectivity index (χ0n) is 25.1. The number of halogens is 2. The van der Waals surface area contributed by atoms with Crippen molar-refractivity contribution in [2.75, 3.05) is 19.6 Å². The minimum atomic E-state index is -1.05. The van der Waals surface area contributed by atoms with Gasteiger partial charge in [-0.1, -0.05) is 64.3 Å². The number of nitrogens with one attached hydrogen (secondary N) is 2. The van der Waals surface area contributed by atoms with E-state index < -0.39 is 35.7 Å². The number of carbonyl (C=O) groups excluding carboxylic acids is 2. The molecule has 9 heteroatoms. The predicted molar refractivity (Wildman–Crippen MR) is 160 cm³/mol. The Hall–Kier alpha value is -2.88. The van der Waals surface area contributed by atoms with Crippen molar-refractivity contribution in [2.24, 2.45) is 5.73 Å². The number of hydrogen-bond donors (Lipinski definition) is 4. The molecule has 2 aromatic carbocycles. The van der Waals surface area contributed by atoms with Crippen LogP contribution in [0.2, 0.25) is 0 Å². The molecule has 1 heterocycles. The summed E-state index contributed by atoms with van der Waals surface area (Å²) in [6, 6.07) is 10.5. The fourth-order valence-electron chi connectivity index (χ4n) is 6.51. The van der Waals surface area contributed by atoms with Gasteiger partial charge in [-0.2, -0.15) is 0 Å². The molecule has 230 valence electrons. The normalized spacial score (nSPS) is 20.7. The lowest BCUT2D eigenvalue weighted by Gasteiger charge is -2.41. The highest BCUT2D eigenvalue weighted by Crippen LogP contribution is 2.38. The molecule has 3 atom stereocenters. The summed E-state index contributed by atoms with van der Waals surface area (Å²) in [4.78, 5) is 26.7. The highest BCUT2D eigenvalue weighted by atomic mass is 19.1. The van der Waals surface area contributed by atoms with Gasteiger partial charge in [0.25, 0.3) is 0 Å². The number of amides is 2. The van der Waals surface area contributed by atoms with Crippen LogP contribution in [0.25, 0.3) is 0 Å². The molecular weight excluding hydrogens is 538 g/mol. The van der Waals surface area contributed by atoms with Crippen molar-refractivity contribution in [3.05, 3.63) is 70.8 Å². The summed E-state index contributed by atoms with van der Waals surface area (Å²) < 4.78 is 28.1. The SMILES string of the molecule is CC(C)(C)c1cccc(C2(NC[C@@H](O)[C@H](Cc3cc(F)cc(F)c3)NC(=O)C3CCCN3CC(N)=O)CCCCC2)c1. The topological polar surface area (TPSA) is 108 Å². The van der Waals surface area contributed by atoms with E-state index >= 15 is 0 Å². The Kier molecular flexibility index (Phi) is 10.4. The molecule has 1 saturated carbocycles. The van der Waals surface area contributed by atoms with E-state index in [4.69, 9.17) is 5.73 Å². The van der Waals surface area contributed by atoms with Crippen molar-refractivity contribution < 1.29 is 23.5 Å². The van der Waals surface area contributed by atoms with Crippen LogP contribution in [0, 0.1) is 11.6 Å². The lowest BCUT2D eigenvalue weighted by molar-refractivity contribution is -0.128. The van der Waals surface area contributed by atoms with Crippen LogP contribution in [0.5, 0.6) is 0 Å². The Morgan fingerprint density at radius 3 is 2.40 bits per heavy atom. The zero-order chi connectivity index (χ0) is 30.5. The number of rotatable bonds is 11. The third-order valence-corrected chi connectivity index (χ3v) is 8.83. The van der Waals surface area contributed by atoms with E-state index in [1.807, 2.05) is 0 Å². The number of aliphatic hydroxyl groups is 1. The Bertz CT molecular complexity index is 1220. The van der Waals surface area contributed by atoms with Gasteiger partial charge in [-0.15, -0.1) is 0 Å². The minimum absolute atomic E-state index is 0.0103. The smallest absolute Gasteiger partial charge is 0.237 e. The van der Waals surface area contributed by atoms with Gasteiger partial charge in [0.05, 0.1) is 24.7 Å². The van der Waals surface area contributed by atoms with E-state index in [2.05, 4.69) is 55.7 Å². The van der Waals surface area contributed by atoms with E-state index in [1.165, 1.54) is 23.3 Å². The molecule has 7 nitrogen and oxygen atoms in total. The van der Waals surface area contributed by atoms with Gasteiger partial charge in [0.2, 0.25) is 11.8 Å². The zero-order valence-corrected chi connectivity index (χ0v) is 25.1. The molecule has 1 aliphatic heterocycles. The van der Waals surface area contributed by atoms with E-state index in [1.54, 1.807) is 4.90 Å². The number of primary amides is 1. The summed E-state index contributed by atoms with van der Waals surface area (Å²) in [6.07, 6.45) is 5.40. The van der Waals surface area contributed by atoms with Gasteiger partial charge in [-0.3, -0.25) is 14.5 Å². The molecule has 2 fully saturated rings. The summed E-state index contributed by atoms with van der Waals surface area (Å²) in [5.74, 6) is -2.28. The standard InChI is InChI=1S/C33H46F2N4O3/c1-32(2,3)23-9-7-10-24(18-23)33(12-5-4-6-13-33)37-20-29(40)27(17-22-15-25(34)19-26(35)16-22)38-31(42)28-11-8-14-39(28)21-30(36)41/h7,9-10,15-16,18-19,27-29,37,40H,4-6,8,11-14,17,20-21H2,1-3H3,(H2,36,41)(H,38,42)/t27-,28?,29+/m0/s1. The summed E-state index contributed by atoms with van der Waals surface area (Å²) in [7, 11) is 0. The first-order valence-corrected chi connectivity index (χ1v) is 15.2. The maximum Gasteiger partial charge on any atom is 0.237 e. The quantitative estimate of drug-likeness (QED) is 0.319. The molecule has 42 heavy (non-hydrogen) atoms. The Balaban J connectivity index is 1.56. The summed E-state index contributed by atoms with van der Waals surface area (Å²) in [5.41, 5.74) is 7.80. The van der Waals surface area contributed by atoms with Crippen LogP contribution in [0.15, 0.2) is 42.5 Å². The molecule has 4 rings (SSSR count). The molecule has 0 bridgehead atoms.